The van der Waals surface area contributed by atoms with Gasteiger partial charge in [-0.2, -0.15) is 0 Å². The Kier molecular flexibility index (Phi) is 3.13. The van der Waals surface area contributed by atoms with Gasteiger partial charge in [0.05, 0.1) is 0 Å². The third-order valence-corrected chi connectivity index (χ3v) is 5.58. The average molecular weight is 250 g/mol. The molecule has 1 amide bonds. The van der Waals surface area contributed by atoms with Crippen LogP contribution in [-0.4, -0.2) is 30.9 Å². The van der Waals surface area contributed by atoms with Crippen molar-refractivity contribution in [2.24, 2.45) is 28.9 Å². The Morgan fingerprint density at radius 2 is 1.67 bits per heavy atom. The molecule has 0 aromatic rings. The molecule has 0 spiro atoms. The monoisotopic (exact) mass is 250 g/mol. The molecule has 0 unspecified atom stereocenters. The summed E-state index contributed by atoms with van der Waals surface area (Å²) in [6.45, 7) is 1.27. The zero-order valence-corrected chi connectivity index (χ0v) is 11.5. The normalized spacial score (nSPS) is 41.1. The first-order valence-electron chi connectivity index (χ1n) is 7.54. The molecule has 0 saturated heterocycles. The van der Waals surface area contributed by atoms with E-state index < -0.39 is 0 Å². The molecule has 0 aromatic heterocycles. The van der Waals surface area contributed by atoms with Gasteiger partial charge in [-0.15, -0.1) is 0 Å². The number of likely N-dealkylation sites (N-methyl/N-ethyl adjacent to an activating group) is 1. The van der Waals surface area contributed by atoms with Gasteiger partial charge >= 0.3 is 0 Å². The molecule has 4 aliphatic carbocycles. The lowest BCUT2D eigenvalue weighted by Gasteiger charge is -2.56. The summed E-state index contributed by atoms with van der Waals surface area (Å²) in [5.41, 5.74) is 5.90. The quantitative estimate of drug-likeness (QED) is 0.829. The first-order chi connectivity index (χ1) is 8.60. The molecule has 18 heavy (non-hydrogen) atoms. The Morgan fingerprint density at radius 1 is 1.17 bits per heavy atom. The minimum absolute atomic E-state index is 0.322. The highest BCUT2D eigenvalue weighted by Crippen LogP contribution is 2.61. The molecule has 4 fully saturated rings. The summed E-state index contributed by atoms with van der Waals surface area (Å²) in [5, 5.41) is 0. The first kappa shape index (κ1) is 12.5. The molecule has 3 nitrogen and oxygen atoms in total. The smallest absolute Gasteiger partial charge is 0.222 e. The highest BCUT2D eigenvalue weighted by Gasteiger charge is 2.51. The predicted molar refractivity (Wildman–Crippen MR) is 71.9 cm³/mol. The Morgan fingerprint density at radius 3 is 2.11 bits per heavy atom. The van der Waals surface area contributed by atoms with Gasteiger partial charge in [0.25, 0.3) is 0 Å². The third kappa shape index (κ3) is 2.18. The van der Waals surface area contributed by atoms with Gasteiger partial charge in [0.15, 0.2) is 0 Å². The lowest BCUT2D eigenvalue weighted by atomic mass is 9.49. The van der Waals surface area contributed by atoms with Crippen molar-refractivity contribution in [1.29, 1.82) is 0 Å². The second-order valence-corrected chi connectivity index (χ2v) is 7.20. The number of carbonyl (C=O) groups is 1. The summed E-state index contributed by atoms with van der Waals surface area (Å²) in [6, 6.07) is 0. The lowest BCUT2D eigenvalue weighted by Crippen LogP contribution is -2.48. The second-order valence-electron chi connectivity index (χ2n) is 7.20. The topological polar surface area (TPSA) is 46.3 Å². The molecule has 0 aromatic carbocycles. The van der Waals surface area contributed by atoms with Gasteiger partial charge in [-0.1, -0.05) is 0 Å². The van der Waals surface area contributed by atoms with Crippen LogP contribution in [0.1, 0.15) is 44.9 Å². The summed E-state index contributed by atoms with van der Waals surface area (Å²) >= 11 is 0. The minimum atomic E-state index is 0.322. The Hall–Kier alpha value is -0.570. The SMILES string of the molecule is CN(CCN)C(=O)CC12CC3CC(CC(C3)C1)C2. The van der Waals surface area contributed by atoms with Crippen molar-refractivity contribution in [2.75, 3.05) is 20.1 Å². The fourth-order valence-corrected chi connectivity index (χ4v) is 5.28. The maximum atomic E-state index is 12.3. The summed E-state index contributed by atoms with van der Waals surface area (Å²) in [5.74, 6) is 3.12. The van der Waals surface area contributed by atoms with Crippen LogP contribution in [0.3, 0.4) is 0 Å². The van der Waals surface area contributed by atoms with Gasteiger partial charge in [0, 0.05) is 26.6 Å². The highest BCUT2D eigenvalue weighted by atomic mass is 16.2. The number of nitrogens with zero attached hydrogens (tertiary/aromatic N) is 1. The molecule has 0 aliphatic heterocycles. The van der Waals surface area contributed by atoms with E-state index in [0.29, 0.717) is 24.4 Å². The van der Waals surface area contributed by atoms with Crippen LogP contribution in [0.5, 0.6) is 0 Å². The van der Waals surface area contributed by atoms with Crippen LogP contribution in [0.15, 0.2) is 0 Å². The maximum Gasteiger partial charge on any atom is 0.222 e. The minimum Gasteiger partial charge on any atom is -0.344 e. The Labute approximate surface area is 110 Å². The van der Waals surface area contributed by atoms with Crippen molar-refractivity contribution in [2.45, 2.75) is 44.9 Å². The van der Waals surface area contributed by atoms with Crippen molar-refractivity contribution < 1.29 is 4.79 Å². The fourth-order valence-electron chi connectivity index (χ4n) is 5.28. The number of hydrogen-bond donors (Lipinski definition) is 1. The number of carbonyl (C=O) groups excluding carboxylic acids is 1. The lowest BCUT2D eigenvalue weighted by molar-refractivity contribution is -0.138. The zero-order chi connectivity index (χ0) is 12.8. The first-order valence-corrected chi connectivity index (χ1v) is 7.54. The largest absolute Gasteiger partial charge is 0.344 e. The van der Waals surface area contributed by atoms with Crippen LogP contribution < -0.4 is 5.73 Å². The van der Waals surface area contributed by atoms with Gasteiger partial charge in [0.2, 0.25) is 5.91 Å². The Balaban J connectivity index is 1.67. The fraction of sp³-hybridized carbons (Fsp3) is 0.933. The third-order valence-electron chi connectivity index (χ3n) is 5.58. The molecule has 2 N–H and O–H groups in total. The van der Waals surface area contributed by atoms with E-state index in [4.69, 9.17) is 5.73 Å². The van der Waals surface area contributed by atoms with E-state index in [-0.39, 0.29) is 0 Å². The number of rotatable bonds is 4. The van der Waals surface area contributed by atoms with Gasteiger partial charge in [-0.25, -0.2) is 0 Å². The molecule has 4 bridgehead atoms. The number of amides is 1. The van der Waals surface area contributed by atoms with E-state index in [1.165, 1.54) is 38.5 Å². The average Bonchev–Trinajstić information content (AvgIpc) is 2.26. The zero-order valence-electron chi connectivity index (χ0n) is 11.5. The predicted octanol–water partition coefficient (Wildman–Crippen LogP) is 2.01. The van der Waals surface area contributed by atoms with Crippen molar-refractivity contribution >= 4 is 5.91 Å². The van der Waals surface area contributed by atoms with Crippen LogP contribution in [0, 0.1) is 23.2 Å². The van der Waals surface area contributed by atoms with E-state index >= 15 is 0 Å². The van der Waals surface area contributed by atoms with Crippen LogP contribution >= 0.6 is 0 Å². The molecule has 102 valence electrons. The van der Waals surface area contributed by atoms with Gasteiger partial charge in [-0.05, 0) is 61.7 Å². The standard InChI is InChI=1S/C15H26N2O/c1-17(3-2-16)14(18)10-15-7-11-4-12(8-15)6-13(5-11)9-15/h11-13H,2-10,16H2,1H3. The van der Waals surface area contributed by atoms with Crippen molar-refractivity contribution in [3.8, 4) is 0 Å². The van der Waals surface area contributed by atoms with E-state index in [1.807, 2.05) is 11.9 Å². The molecule has 3 heteroatoms. The highest BCUT2D eigenvalue weighted by molar-refractivity contribution is 5.76. The molecule has 0 heterocycles. The maximum absolute atomic E-state index is 12.3. The molecule has 0 atom stereocenters. The summed E-state index contributed by atoms with van der Waals surface area (Å²) in [4.78, 5) is 14.1. The van der Waals surface area contributed by atoms with Crippen LogP contribution in [0.4, 0.5) is 0 Å². The van der Waals surface area contributed by atoms with Crippen molar-refractivity contribution in [1.82, 2.24) is 4.90 Å². The van der Waals surface area contributed by atoms with Gasteiger partial charge in [0.1, 0.15) is 0 Å². The van der Waals surface area contributed by atoms with Gasteiger partial charge < -0.3 is 10.6 Å². The van der Waals surface area contributed by atoms with E-state index in [0.717, 1.165) is 24.2 Å². The molecule has 4 rings (SSSR count). The number of hydrogen-bond acceptors (Lipinski definition) is 2. The summed E-state index contributed by atoms with van der Waals surface area (Å²) in [7, 11) is 1.90. The Bertz CT molecular complexity index is 304. The molecular weight excluding hydrogens is 224 g/mol. The second kappa shape index (κ2) is 4.52. The van der Waals surface area contributed by atoms with Crippen LogP contribution in [0.25, 0.3) is 0 Å². The van der Waals surface area contributed by atoms with E-state index in [1.54, 1.807) is 0 Å². The van der Waals surface area contributed by atoms with Gasteiger partial charge in [-0.3, -0.25) is 4.79 Å². The summed E-state index contributed by atoms with van der Waals surface area (Å²) in [6.07, 6.45) is 9.10. The van der Waals surface area contributed by atoms with E-state index in [2.05, 4.69) is 0 Å². The summed E-state index contributed by atoms with van der Waals surface area (Å²) < 4.78 is 0. The van der Waals surface area contributed by atoms with Crippen molar-refractivity contribution in [3.05, 3.63) is 0 Å². The van der Waals surface area contributed by atoms with Crippen LogP contribution in [-0.2, 0) is 4.79 Å². The van der Waals surface area contributed by atoms with Crippen LogP contribution in [0.2, 0.25) is 0 Å². The molecule has 0 radical (unpaired) electrons. The van der Waals surface area contributed by atoms with E-state index in [9.17, 15) is 4.79 Å². The molecule has 4 aliphatic rings. The molecule has 4 saturated carbocycles. The van der Waals surface area contributed by atoms with Crippen molar-refractivity contribution in [3.63, 3.8) is 0 Å². The number of nitrogens with two attached hydrogens (primary N) is 1. The molecular formula is C15H26N2O.